The fourth-order valence-electron chi connectivity index (χ4n) is 3.03. The van der Waals surface area contributed by atoms with Crippen LogP contribution in [0.25, 0.3) is 0 Å². The number of nitrogens with one attached hydrogen (secondary N) is 1. The zero-order chi connectivity index (χ0) is 15.1. The van der Waals surface area contributed by atoms with Gasteiger partial charge in [-0.2, -0.15) is 0 Å². The van der Waals surface area contributed by atoms with E-state index >= 15 is 0 Å². The molecule has 0 radical (unpaired) electrons. The Balaban J connectivity index is 2.00. The largest absolute Gasteiger partial charge is 0.384 e. The molecule has 1 N–H and O–H groups in total. The molecule has 1 atom stereocenters. The molecule has 1 unspecified atom stereocenters. The summed E-state index contributed by atoms with van der Waals surface area (Å²) in [5, 5.41) is 3.30. The monoisotopic (exact) mass is 290 g/mol. The molecule has 0 aliphatic carbocycles. The van der Waals surface area contributed by atoms with Crippen molar-refractivity contribution in [3.05, 3.63) is 35.9 Å². The van der Waals surface area contributed by atoms with Crippen LogP contribution in [0.4, 0.5) is 0 Å². The molecule has 1 aromatic carbocycles. The lowest BCUT2D eigenvalue weighted by Crippen LogP contribution is -2.48. The van der Waals surface area contributed by atoms with E-state index in [0.29, 0.717) is 6.61 Å². The summed E-state index contributed by atoms with van der Waals surface area (Å²) in [5.74, 6) is 0.229. The molecule has 0 spiro atoms. The minimum Gasteiger partial charge on any atom is -0.384 e. The highest BCUT2D eigenvalue weighted by Gasteiger charge is 2.43. The number of benzene rings is 1. The van der Waals surface area contributed by atoms with Gasteiger partial charge in [0.2, 0.25) is 5.91 Å². The molecule has 2 rings (SSSR count). The number of likely N-dealkylation sites (N-methyl/N-ethyl adjacent to an activating group) is 1. The molecule has 4 heteroatoms. The normalized spacial score (nSPS) is 21.4. The van der Waals surface area contributed by atoms with Crippen molar-refractivity contribution in [3.8, 4) is 0 Å². The Morgan fingerprint density at radius 3 is 2.71 bits per heavy atom. The highest BCUT2D eigenvalue weighted by molar-refractivity contribution is 5.83. The van der Waals surface area contributed by atoms with Gasteiger partial charge in [-0.15, -0.1) is 0 Å². The molecule has 1 aliphatic heterocycles. The summed E-state index contributed by atoms with van der Waals surface area (Å²) in [6.07, 6.45) is 1.76. The van der Waals surface area contributed by atoms with Crippen molar-refractivity contribution in [2.24, 2.45) is 5.41 Å². The molecule has 1 amide bonds. The number of rotatable bonds is 7. The van der Waals surface area contributed by atoms with E-state index in [1.54, 1.807) is 7.11 Å². The number of amides is 1. The van der Waals surface area contributed by atoms with Gasteiger partial charge in [0.1, 0.15) is 0 Å². The van der Waals surface area contributed by atoms with Crippen molar-refractivity contribution >= 4 is 5.91 Å². The fourth-order valence-corrected chi connectivity index (χ4v) is 3.03. The zero-order valence-electron chi connectivity index (χ0n) is 13.1. The highest BCUT2D eigenvalue weighted by atomic mass is 16.5. The van der Waals surface area contributed by atoms with Crippen LogP contribution in [0.5, 0.6) is 0 Å². The number of hydrogen-bond acceptors (Lipinski definition) is 3. The van der Waals surface area contributed by atoms with Gasteiger partial charge in [-0.1, -0.05) is 30.3 Å². The first-order valence-corrected chi connectivity index (χ1v) is 7.75. The highest BCUT2D eigenvalue weighted by Crippen LogP contribution is 2.28. The summed E-state index contributed by atoms with van der Waals surface area (Å²) < 4.78 is 5.32. The maximum Gasteiger partial charge on any atom is 0.232 e. The van der Waals surface area contributed by atoms with E-state index in [2.05, 4.69) is 17.4 Å². The van der Waals surface area contributed by atoms with E-state index < -0.39 is 0 Å². The predicted molar refractivity (Wildman–Crippen MR) is 84.2 cm³/mol. The summed E-state index contributed by atoms with van der Waals surface area (Å²) in [6, 6.07) is 10.3. The van der Waals surface area contributed by atoms with Crippen LogP contribution in [0.3, 0.4) is 0 Å². The number of hydrogen-bond donors (Lipinski definition) is 1. The van der Waals surface area contributed by atoms with Crippen LogP contribution in [0.15, 0.2) is 30.3 Å². The molecule has 21 heavy (non-hydrogen) atoms. The Bertz CT molecular complexity index is 441. The quantitative estimate of drug-likeness (QED) is 0.831. The van der Waals surface area contributed by atoms with Crippen LogP contribution >= 0.6 is 0 Å². The van der Waals surface area contributed by atoms with Gasteiger partial charge in [-0.3, -0.25) is 4.79 Å². The second kappa shape index (κ2) is 7.57. The first-order chi connectivity index (χ1) is 10.2. The summed E-state index contributed by atoms with van der Waals surface area (Å²) in [6.45, 7) is 5.68. The molecule has 4 nitrogen and oxygen atoms in total. The molecular weight excluding hydrogens is 264 g/mol. The molecule has 1 aromatic rings. The number of carbonyl (C=O) groups excluding carboxylic acids is 1. The van der Waals surface area contributed by atoms with Gasteiger partial charge in [0.05, 0.1) is 12.0 Å². The van der Waals surface area contributed by atoms with Crippen LogP contribution in [0.1, 0.15) is 18.9 Å². The Kier molecular flexibility index (Phi) is 5.76. The summed E-state index contributed by atoms with van der Waals surface area (Å²) in [5.41, 5.74) is 0.899. The van der Waals surface area contributed by atoms with Crippen LogP contribution in [0.2, 0.25) is 0 Å². The van der Waals surface area contributed by atoms with Crippen molar-refractivity contribution in [2.75, 3.05) is 39.9 Å². The molecule has 0 saturated carbocycles. The van der Waals surface area contributed by atoms with Gasteiger partial charge in [0.25, 0.3) is 0 Å². The third-order valence-electron chi connectivity index (χ3n) is 4.30. The number of methoxy groups -OCH3 is 1. The maximum atomic E-state index is 12.9. The van der Waals surface area contributed by atoms with Gasteiger partial charge < -0.3 is 15.0 Å². The van der Waals surface area contributed by atoms with Crippen molar-refractivity contribution in [3.63, 3.8) is 0 Å². The third kappa shape index (κ3) is 3.83. The average Bonchev–Trinajstić information content (AvgIpc) is 2.99. The SMILES string of the molecule is CCN(CCc1ccccc1)C(=O)C1(COC)CCNC1. The number of carbonyl (C=O) groups is 1. The van der Waals surface area contributed by atoms with Crippen LogP contribution in [-0.2, 0) is 16.0 Å². The van der Waals surface area contributed by atoms with Crippen molar-refractivity contribution in [1.82, 2.24) is 10.2 Å². The zero-order valence-corrected chi connectivity index (χ0v) is 13.1. The number of nitrogens with zero attached hydrogens (tertiary/aromatic N) is 1. The number of ether oxygens (including phenoxy) is 1. The molecule has 0 aromatic heterocycles. The van der Waals surface area contributed by atoms with Crippen LogP contribution < -0.4 is 5.32 Å². The summed E-state index contributed by atoms with van der Waals surface area (Å²) >= 11 is 0. The summed E-state index contributed by atoms with van der Waals surface area (Å²) in [7, 11) is 1.67. The summed E-state index contributed by atoms with van der Waals surface area (Å²) in [4.78, 5) is 14.9. The first-order valence-electron chi connectivity index (χ1n) is 7.75. The molecule has 1 aliphatic rings. The van der Waals surface area contributed by atoms with Gasteiger partial charge >= 0.3 is 0 Å². The Labute approximate surface area is 127 Å². The smallest absolute Gasteiger partial charge is 0.232 e. The Hall–Kier alpha value is -1.39. The van der Waals surface area contributed by atoms with Gasteiger partial charge in [0.15, 0.2) is 0 Å². The second-order valence-corrected chi connectivity index (χ2v) is 5.76. The minimum atomic E-state index is -0.374. The first kappa shape index (κ1) is 16.0. The molecule has 0 bridgehead atoms. The predicted octanol–water partition coefficient (Wildman–Crippen LogP) is 1.70. The van der Waals surface area contributed by atoms with Gasteiger partial charge in [-0.05, 0) is 31.9 Å². The van der Waals surface area contributed by atoms with E-state index in [0.717, 1.165) is 39.0 Å². The Morgan fingerprint density at radius 2 is 2.14 bits per heavy atom. The van der Waals surface area contributed by atoms with E-state index in [1.165, 1.54) is 5.56 Å². The van der Waals surface area contributed by atoms with Crippen molar-refractivity contribution in [2.45, 2.75) is 19.8 Å². The Morgan fingerprint density at radius 1 is 1.38 bits per heavy atom. The fraction of sp³-hybridized carbons (Fsp3) is 0.588. The van der Waals surface area contributed by atoms with E-state index in [9.17, 15) is 4.79 Å². The molecule has 1 fully saturated rings. The van der Waals surface area contributed by atoms with Crippen LogP contribution in [0, 0.1) is 5.41 Å². The molecular formula is C17H26N2O2. The van der Waals surface area contributed by atoms with E-state index in [-0.39, 0.29) is 11.3 Å². The van der Waals surface area contributed by atoms with Crippen molar-refractivity contribution in [1.29, 1.82) is 0 Å². The lowest BCUT2D eigenvalue weighted by Gasteiger charge is -2.33. The standard InChI is InChI=1S/C17H26N2O2/c1-3-19(12-9-15-7-5-4-6-8-15)16(20)17(14-21-2)10-11-18-13-17/h4-8,18H,3,9-14H2,1-2H3. The third-order valence-corrected chi connectivity index (χ3v) is 4.30. The van der Waals surface area contributed by atoms with Crippen LogP contribution in [-0.4, -0.2) is 50.7 Å². The molecule has 1 heterocycles. The van der Waals surface area contributed by atoms with E-state index in [4.69, 9.17) is 4.74 Å². The lowest BCUT2D eigenvalue weighted by molar-refractivity contribution is -0.144. The molecule has 1 saturated heterocycles. The topological polar surface area (TPSA) is 41.6 Å². The van der Waals surface area contributed by atoms with Gasteiger partial charge in [0, 0.05) is 26.7 Å². The molecule has 116 valence electrons. The van der Waals surface area contributed by atoms with Crippen molar-refractivity contribution < 1.29 is 9.53 Å². The van der Waals surface area contributed by atoms with E-state index in [1.807, 2.05) is 30.0 Å². The minimum absolute atomic E-state index is 0.229. The van der Waals surface area contributed by atoms with Gasteiger partial charge in [-0.25, -0.2) is 0 Å². The second-order valence-electron chi connectivity index (χ2n) is 5.76. The average molecular weight is 290 g/mol. The lowest BCUT2D eigenvalue weighted by atomic mass is 9.86. The maximum absolute atomic E-state index is 12.9.